The first kappa shape index (κ1) is 12.7. The van der Waals surface area contributed by atoms with Crippen LogP contribution in [0.4, 0.5) is 4.39 Å². The maximum Gasteiger partial charge on any atom is 0.335 e. The standard InChI is InChI=1S/C8H11FO7S/c9-6(17(11,12)13)5-8(16-5)15-4-2-1-3-14-7(4)10/h4-6,8H,1-3H2,(H,11,12,13). The highest BCUT2D eigenvalue weighted by atomic mass is 32.2. The second-order valence-electron chi connectivity index (χ2n) is 3.77. The van der Waals surface area contributed by atoms with Gasteiger partial charge < -0.3 is 14.2 Å². The molecule has 2 aliphatic rings. The second-order valence-corrected chi connectivity index (χ2v) is 5.25. The van der Waals surface area contributed by atoms with Gasteiger partial charge in [-0.1, -0.05) is 0 Å². The summed E-state index contributed by atoms with van der Waals surface area (Å²) in [7, 11) is -4.81. The van der Waals surface area contributed by atoms with Crippen molar-refractivity contribution in [3.8, 4) is 0 Å². The van der Waals surface area contributed by atoms with Crippen LogP contribution in [-0.4, -0.2) is 49.5 Å². The van der Waals surface area contributed by atoms with E-state index in [0.29, 0.717) is 19.4 Å². The molecule has 0 bridgehead atoms. The van der Waals surface area contributed by atoms with Crippen molar-refractivity contribution in [3.63, 3.8) is 0 Å². The molecular formula is C8H11FO7S. The van der Waals surface area contributed by atoms with Gasteiger partial charge in [0, 0.05) is 0 Å². The number of hydrogen-bond acceptors (Lipinski definition) is 6. The summed E-state index contributed by atoms with van der Waals surface area (Å²) < 4.78 is 56.8. The Labute approximate surface area is 96.6 Å². The average Bonchev–Trinajstić information content (AvgIpc) is 2.98. The molecule has 2 fully saturated rings. The van der Waals surface area contributed by atoms with Crippen molar-refractivity contribution in [3.05, 3.63) is 0 Å². The summed E-state index contributed by atoms with van der Waals surface area (Å²) in [5, 5.41) is 0. The molecule has 1 N–H and O–H groups in total. The minimum absolute atomic E-state index is 0.310. The van der Waals surface area contributed by atoms with Crippen LogP contribution >= 0.6 is 0 Å². The summed E-state index contributed by atoms with van der Waals surface area (Å²) in [6.07, 6.45) is -2.37. The van der Waals surface area contributed by atoms with E-state index in [1.54, 1.807) is 0 Å². The Bertz CT molecular complexity index is 408. The Hall–Kier alpha value is -0.770. The van der Waals surface area contributed by atoms with Crippen LogP contribution in [0.3, 0.4) is 0 Å². The van der Waals surface area contributed by atoms with E-state index in [-0.39, 0.29) is 0 Å². The molecule has 9 heteroatoms. The second kappa shape index (κ2) is 4.48. The monoisotopic (exact) mass is 270 g/mol. The van der Waals surface area contributed by atoms with Gasteiger partial charge in [0.2, 0.25) is 0 Å². The van der Waals surface area contributed by atoms with E-state index in [1.165, 1.54) is 0 Å². The van der Waals surface area contributed by atoms with Crippen molar-refractivity contribution < 1.29 is 36.4 Å². The fraction of sp³-hybridized carbons (Fsp3) is 0.875. The highest BCUT2D eigenvalue weighted by molar-refractivity contribution is 7.86. The number of rotatable bonds is 4. The number of epoxide rings is 1. The Morgan fingerprint density at radius 3 is 2.82 bits per heavy atom. The fourth-order valence-electron chi connectivity index (χ4n) is 1.51. The Balaban J connectivity index is 1.85. The zero-order chi connectivity index (χ0) is 12.6. The summed E-state index contributed by atoms with van der Waals surface area (Å²) in [5.74, 6) is -0.576. The SMILES string of the molecule is O=C1OCCCC1OC1OC1C(F)S(=O)(=O)O. The molecule has 2 aliphatic heterocycles. The van der Waals surface area contributed by atoms with Gasteiger partial charge in [-0.2, -0.15) is 8.42 Å². The molecule has 17 heavy (non-hydrogen) atoms. The van der Waals surface area contributed by atoms with Crippen molar-refractivity contribution in [1.29, 1.82) is 0 Å². The normalized spacial score (nSPS) is 35.2. The first-order valence-electron chi connectivity index (χ1n) is 4.97. The van der Waals surface area contributed by atoms with Crippen LogP contribution in [0.1, 0.15) is 12.8 Å². The summed E-state index contributed by atoms with van der Waals surface area (Å²) in [6.45, 7) is 0.310. The van der Waals surface area contributed by atoms with Gasteiger partial charge in [-0.15, -0.1) is 0 Å². The molecule has 0 saturated carbocycles. The molecule has 0 aromatic carbocycles. The van der Waals surface area contributed by atoms with Gasteiger partial charge in [0.15, 0.2) is 18.5 Å². The van der Waals surface area contributed by atoms with Crippen LogP contribution in [0.5, 0.6) is 0 Å². The molecular weight excluding hydrogens is 259 g/mol. The topological polar surface area (TPSA) is 102 Å². The number of carbonyl (C=O) groups is 1. The summed E-state index contributed by atoms with van der Waals surface area (Å²) in [6, 6.07) is 0. The number of cyclic esters (lactones) is 1. The van der Waals surface area contributed by atoms with Gasteiger partial charge in [-0.05, 0) is 12.8 Å². The molecule has 0 radical (unpaired) electrons. The quantitative estimate of drug-likeness (QED) is 0.422. The predicted octanol–water partition coefficient (Wildman–Crippen LogP) is -0.383. The van der Waals surface area contributed by atoms with Crippen molar-refractivity contribution >= 4 is 16.1 Å². The number of ether oxygens (including phenoxy) is 3. The first-order chi connectivity index (χ1) is 7.89. The van der Waals surface area contributed by atoms with E-state index >= 15 is 0 Å². The molecule has 2 saturated heterocycles. The molecule has 4 atom stereocenters. The highest BCUT2D eigenvalue weighted by Gasteiger charge is 2.53. The largest absolute Gasteiger partial charge is 0.464 e. The van der Waals surface area contributed by atoms with Crippen LogP contribution in [0.2, 0.25) is 0 Å². The number of carbonyl (C=O) groups excluding carboxylic acids is 1. The Kier molecular flexibility index (Phi) is 3.34. The van der Waals surface area contributed by atoms with Crippen molar-refractivity contribution in [1.82, 2.24) is 0 Å². The first-order valence-corrected chi connectivity index (χ1v) is 6.48. The smallest absolute Gasteiger partial charge is 0.335 e. The minimum atomic E-state index is -4.81. The minimum Gasteiger partial charge on any atom is -0.464 e. The van der Waals surface area contributed by atoms with Gasteiger partial charge >= 0.3 is 5.97 Å². The molecule has 2 heterocycles. The van der Waals surface area contributed by atoms with Gasteiger partial charge in [-0.25, -0.2) is 9.18 Å². The maximum absolute atomic E-state index is 13.0. The van der Waals surface area contributed by atoms with E-state index in [9.17, 15) is 17.6 Å². The summed E-state index contributed by atoms with van der Waals surface area (Å²) >= 11 is 0. The van der Waals surface area contributed by atoms with Crippen LogP contribution in [0.15, 0.2) is 0 Å². The van der Waals surface area contributed by atoms with Gasteiger partial charge in [-0.3, -0.25) is 4.55 Å². The van der Waals surface area contributed by atoms with Gasteiger partial charge in [0.25, 0.3) is 15.6 Å². The number of alkyl halides is 1. The lowest BCUT2D eigenvalue weighted by molar-refractivity contribution is -0.167. The summed E-state index contributed by atoms with van der Waals surface area (Å²) in [5.41, 5.74) is -2.56. The van der Waals surface area contributed by atoms with E-state index in [4.69, 9.17) is 14.0 Å². The lowest BCUT2D eigenvalue weighted by Crippen LogP contribution is -2.33. The Morgan fingerprint density at radius 2 is 2.24 bits per heavy atom. The lowest BCUT2D eigenvalue weighted by atomic mass is 10.1. The van der Waals surface area contributed by atoms with Crippen molar-refractivity contribution in [2.24, 2.45) is 0 Å². The molecule has 0 aromatic heterocycles. The average molecular weight is 270 g/mol. The van der Waals surface area contributed by atoms with Crippen LogP contribution < -0.4 is 0 Å². The van der Waals surface area contributed by atoms with E-state index in [1.807, 2.05) is 0 Å². The maximum atomic E-state index is 13.0. The van der Waals surface area contributed by atoms with E-state index in [2.05, 4.69) is 4.74 Å². The fourth-order valence-corrected chi connectivity index (χ4v) is 2.04. The lowest BCUT2D eigenvalue weighted by Gasteiger charge is -2.20. The summed E-state index contributed by atoms with van der Waals surface area (Å²) in [4.78, 5) is 11.2. The molecule has 0 spiro atoms. The molecule has 4 unspecified atom stereocenters. The van der Waals surface area contributed by atoms with Gasteiger partial charge in [0.05, 0.1) is 6.61 Å². The molecule has 0 amide bonds. The number of hydrogen-bond donors (Lipinski definition) is 1. The molecule has 98 valence electrons. The highest BCUT2D eigenvalue weighted by Crippen LogP contribution is 2.32. The van der Waals surface area contributed by atoms with Crippen LogP contribution in [-0.2, 0) is 29.1 Å². The number of halogens is 1. The third-order valence-electron chi connectivity index (χ3n) is 2.44. The molecule has 7 nitrogen and oxygen atoms in total. The van der Waals surface area contributed by atoms with Gasteiger partial charge in [0.1, 0.15) is 0 Å². The molecule has 2 rings (SSSR count). The van der Waals surface area contributed by atoms with Crippen LogP contribution in [0, 0.1) is 0 Å². The molecule has 0 aromatic rings. The van der Waals surface area contributed by atoms with Crippen molar-refractivity contribution in [2.45, 2.75) is 36.8 Å². The zero-order valence-electron chi connectivity index (χ0n) is 8.61. The molecule has 0 aliphatic carbocycles. The van der Waals surface area contributed by atoms with Crippen LogP contribution in [0.25, 0.3) is 0 Å². The number of esters is 1. The zero-order valence-corrected chi connectivity index (χ0v) is 9.43. The third-order valence-corrected chi connectivity index (χ3v) is 3.28. The third kappa shape index (κ3) is 2.92. The predicted molar refractivity (Wildman–Crippen MR) is 50.2 cm³/mol. The Morgan fingerprint density at radius 1 is 1.53 bits per heavy atom. The van der Waals surface area contributed by atoms with E-state index in [0.717, 1.165) is 0 Å². The van der Waals surface area contributed by atoms with E-state index < -0.39 is 40.1 Å². The van der Waals surface area contributed by atoms with Crippen molar-refractivity contribution in [2.75, 3.05) is 6.61 Å².